The van der Waals surface area contributed by atoms with E-state index in [4.69, 9.17) is 5.26 Å². The highest BCUT2D eigenvalue weighted by atomic mass is 16.2. The van der Waals surface area contributed by atoms with Gasteiger partial charge in [0.1, 0.15) is 5.82 Å². The molecule has 1 fully saturated rings. The van der Waals surface area contributed by atoms with Gasteiger partial charge in [-0.25, -0.2) is 15.0 Å². The molecule has 25 heavy (non-hydrogen) atoms. The first kappa shape index (κ1) is 15.1. The van der Waals surface area contributed by atoms with Crippen LogP contribution in [-0.2, 0) is 4.79 Å². The van der Waals surface area contributed by atoms with Gasteiger partial charge in [0.05, 0.1) is 11.6 Å². The first-order chi connectivity index (χ1) is 12.2. The quantitative estimate of drug-likeness (QED) is 0.730. The molecule has 0 radical (unpaired) electrons. The third kappa shape index (κ3) is 2.87. The summed E-state index contributed by atoms with van der Waals surface area (Å²) < 4.78 is 1.88. The molecule has 1 amide bonds. The maximum absolute atomic E-state index is 12.4. The number of imidazole rings is 1. The molecule has 0 bridgehead atoms. The van der Waals surface area contributed by atoms with Crippen LogP contribution >= 0.6 is 0 Å². The van der Waals surface area contributed by atoms with E-state index in [1.54, 1.807) is 23.5 Å². The van der Waals surface area contributed by atoms with E-state index in [9.17, 15) is 4.79 Å². The van der Waals surface area contributed by atoms with E-state index >= 15 is 0 Å². The second kappa shape index (κ2) is 6.20. The lowest BCUT2D eigenvalue weighted by molar-refractivity contribution is -0.119. The summed E-state index contributed by atoms with van der Waals surface area (Å²) in [6.45, 7) is 1.08. The van der Waals surface area contributed by atoms with Crippen molar-refractivity contribution in [2.45, 2.75) is 6.42 Å². The van der Waals surface area contributed by atoms with Crippen molar-refractivity contribution < 1.29 is 4.79 Å². The number of fused-ring (bicyclic) bond motifs is 1. The summed E-state index contributed by atoms with van der Waals surface area (Å²) in [5, 5.41) is 11.8. The fourth-order valence-electron chi connectivity index (χ4n) is 3.02. The third-order valence-corrected chi connectivity index (χ3v) is 4.31. The Morgan fingerprint density at radius 1 is 1.24 bits per heavy atom. The van der Waals surface area contributed by atoms with Gasteiger partial charge in [0.2, 0.25) is 11.7 Å². The number of carbonyl (C=O) groups is 1. The Morgan fingerprint density at radius 2 is 2.08 bits per heavy atom. The number of nitrogens with zero attached hydrogens (tertiary/aromatic N) is 6. The molecule has 1 aliphatic rings. The van der Waals surface area contributed by atoms with Gasteiger partial charge in [-0.3, -0.25) is 9.20 Å². The molecule has 0 saturated carbocycles. The Kier molecular flexibility index (Phi) is 3.74. The van der Waals surface area contributed by atoms with Gasteiger partial charge in [-0.2, -0.15) is 5.26 Å². The maximum Gasteiger partial charge on any atom is 0.234 e. The summed E-state index contributed by atoms with van der Waals surface area (Å²) >= 11 is 0. The van der Waals surface area contributed by atoms with Crippen LogP contribution in [0.5, 0.6) is 0 Å². The number of rotatable bonds is 3. The number of nitriles is 1. The summed E-state index contributed by atoms with van der Waals surface area (Å²) in [5.74, 6) is 0.807. The number of likely N-dealkylation sites (tertiary alicyclic amines) is 1. The van der Waals surface area contributed by atoms with Gasteiger partial charge in [-0.1, -0.05) is 0 Å². The van der Waals surface area contributed by atoms with E-state index in [1.807, 2.05) is 28.8 Å². The van der Waals surface area contributed by atoms with Crippen LogP contribution in [0, 0.1) is 17.4 Å². The molecule has 1 N–H and O–H groups in total. The molecule has 8 nitrogen and oxygen atoms in total. The van der Waals surface area contributed by atoms with Crippen LogP contribution in [0.2, 0.25) is 0 Å². The van der Waals surface area contributed by atoms with E-state index in [0.717, 1.165) is 11.3 Å². The van der Waals surface area contributed by atoms with Crippen molar-refractivity contribution in [1.82, 2.24) is 24.3 Å². The molecule has 0 aliphatic carbocycles. The lowest BCUT2D eigenvalue weighted by Gasteiger charge is -2.11. The van der Waals surface area contributed by atoms with Gasteiger partial charge in [0.25, 0.3) is 0 Å². The molecule has 4 heterocycles. The van der Waals surface area contributed by atoms with Crippen molar-refractivity contribution in [3.63, 3.8) is 0 Å². The van der Waals surface area contributed by atoms with E-state index < -0.39 is 0 Å². The van der Waals surface area contributed by atoms with Crippen LogP contribution in [0.4, 0.5) is 5.82 Å². The second-order valence-electron chi connectivity index (χ2n) is 5.88. The van der Waals surface area contributed by atoms with Crippen molar-refractivity contribution in [2.24, 2.45) is 5.92 Å². The van der Waals surface area contributed by atoms with Gasteiger partial charge in [0, 0.05) is 43.4 Å². The Balaban J connectivity index is 1.57. The smallest absolute Gasteiger partial charge is 0.234 e. The second-order valence-corrected chi connectivity index (χ2v) is 5.88. The number of aromatic nitrogens is 4. The minimum Gasteiger partial charge on any atom is -0.310 e. The Bertz CT molecular complexity index is 974. The van der Waals surface area contributed by atoms with Crippen LogP contribution in [0.25, 0.3) is 17.0 Å². The van der Waals surface area contributed by atoms with Gasteiger partial charge in [0.15, 0.2) is 6.19 Å². The van der Waals surface area contributed by atoms with Crippen molar-refractivity contribution in [3.8, 4) is 17.5 Å². The monoisotopic (exact) mass is 333 g/mol. The average Bonchev–Trinajstić information content (AvgIpc) is 3.30. The zero-order chi connectivity index (χ0) is 17.2. The molecule has 0 spiro atoms. The summed E-state index contributed by atoms with van der Waals surface area (Å²) in [4.78, 5) is 26.6. The first-order valence-electron chi connectivity index (χ1n) is 7.94. The van der Waals surface area contributed by atoms with Crippen molar-refractivity contribution in [3.05, 3.63) is 43.0 Å². The van der Waals surface area contributed by atoms with Crippen LogP contribution in [0.15, 0.2) is 43.0 Å². The molecule has 0 aromatic carbocycles. The van der Waals surface area contributed by atoms with Gasteiger partial charge in [-0.15, -0.1) is 0 Å². The lowest BCUT2D eigenvalue weighted by atomic mass is 10.1. The molecular formula is C17H15N7O. The van der Waals surface area contributed by atoms with E-state index in [1.165, 1.54) is 0 Å². The molecule has 124 valence electrons. The van der Waals surface area contributed by atoms with Crippen LogP contribution < -0.4 is 5.32 Å². The molecule has 8 heteroatoms. The van der Waals surface area contributed by atoms with Gasteiger partial charge in [-0.05, 0) is 24.6 Å². The topological polar surface area (TPSA) is 99.2 Å². The van der Waals surface area contributed by atoms with Crippen molar-refractivity contribution in [1.29, 1.82) is 5.26 Å². The van der Waals surface area contributed by atoms with Crippen LogP contribution in [0.3, 0.4) is 0 Å². The third-order valence-electron chi connectivity index (χ3n) is 4.31. The van der Waals surface area contributed by atoms with Crippen molar-refractivity contribution in [2.75, 3.05) is 18.4 Å². The summed E-state index contributed by atoms with van der Waals surface area (Å²) in [6, 6.07) is 5.58. The molecule has 3 aromatic rings. The fraction of sp³-hybridized carbons (Fsp3) is 0.235. The minimum atomic E-state index is -0.189. The summed E-state index contributed by atoms with van der Waals surface area (Å²) in [5.41, 5.74) is 1.82. The molecule has 3 aromatic heterocycles. The molecule has 1 atom stereocenters. The maximum atomic E-state index is 12.4. The summed E-state index contributed by atoms with van der Waals surface area (Å²) in [6.07, 6.45) is 9.65. The van der Waals surface area contributed by atoms with E-state index in [0.29, 0.717) is 31.1 Å². The van der Waals surface area contributed by atoms with Gasteiger partial charge < -0.3 is 10.2 Å². The first-order valence-corrected chi connectivity index (χ1v) is 7.94. The lowest BCUT2D eigenvalue weighted by Crippen LogP contribution is -2.25. The number of carbonyl (C=O) groups excluding carboxylic acids is 1. The number of amides is 1. The number of pyridine rings is 1. The largest absolute Gasteiger partial charge is 0.310 e. The highest BCUT2D eigenvalue weighted by molar-refractivity contribution is 5.92. The Hall–Kier alpha value is -3.47. The van der Waals surface area contributed by atoms with E-state index in [2.05, 4.69) is 26.5 Å². The SMILES string of the molecule is N#CN1CC[C@H](C(=O)Nc2cc(-c3ccnc4nccn34)ccn2)C1. The van der Waals surface area contributed by atoms with E-state index in [-0.39, 0.29) is 11.8 Å². The number of hydrogen-bond acceptors (Lipinski definition) is 6. The fourth-order valence-corrected chi connectivity index (χ4v) is 3.02. The van der Waals surface area contributed by atoms with Crippen LogP contribution in [-0.4, -0.2) is 43.2 Å². The number of anilines is 1. The molecule has 1 saturated heterocycles. The summed E-state index contributed by atoms with van der Waals surface area (Å²) in [7, 11) is 0. The highest BCUT2D eigenvalue weighted by Crippen LogP contribution is 2.22. The predicted molar refractivity (Wildman–Crippen MR) is 90.1 cm³/mol. The predicted octanol–water partition coefficient (Wildman–Crippen LogP) is 1.53. The number of hydrogen-bond donors (Lipinski definition) is 1. The minimum absolute atomic E-state index is 0.107. The highest BCUT2D eigenvalue weighted by Gasteiger charge is 2.28. The number of nitrogens with one attached hydrogen (secondary N) is 1. The zero-order valence-electron chi connectivity index (χ0n) is 13.3. The normalized spacial score (nSPS) is 16.8. The Labute approximate surface area is 143 Å². The van der Waals surface area contributed by atoms with Crippen molar-refractivity contribution >= 4 is 17.5 Å². The molecule has 1 aliphatic heterocycles. The zero-order valence-corrected chi connectivity index (χ0v) is 13.3. The standard InChI is InChI=1S/C17H15N7O/c18-11-23-7-3-13(10-23)16(25)22-15-9-12(1-4-19-15)14-2-5-20-17-21-6-8-24(14)17/h1-2,4-6,8-9,13H,3,7,10H2,(H,19,22,25)/t13-/m0/s1. The average molecular weight is 333 g/mol. The Morgan fingerprint density at radius 3 is 2.92 bits per heavy atom. The van der Waals surface area contributed by atoms with Gasteiger partial charge >= 0.3 is 0 Å². The van der Waals surface area contributed by atoms with Crippen LogP contribution in [0.1, 0.15) is 6.42 Å². The molecule has 4 rings (SSSR count). The molecular weight excluding hydrogens is 318 g/mol. The molecule has 0 unspecified atom stereocenters.